The van der Waals surface area contributed by atoms with Crippen LogP contribution in [0.15, 0.2) is 53.4 Å². The summed E-state index contributed by atoms with van der Waals surface area (Å²) in [5.41, 5.74) is 2.68. The largest absolute Gasteiger partial charge is 0.380 e. The third-order valence-corrected chi connectivity index (χ3v) is 7.35. The van der Waals surface area contributed by atoms with Gasteiger partial charge in [0.15, 0.2) is 0 Å². The molecule has 0 saturated heterocycles. The Bertz CT molecular complexity index is 725. The fourth-order valence-electron chi connectivity index (χ4n) is 5.15. The molecule has 138 valence electrons. The Morgan fingerprint density at radius 2 is 1.69 bits per heavy atom. The van der Waals surface area contributed by atoms with Gasteiger partial charge in [-0.3, -0.25) is 0 Å². The van der Waals surface area contributed by atoms with Gasteiger partial charge in [-0.25, -0.2) is 0 Å². The zero-order valence-electron chi connectivity index (χ0n) is 15.9. The van der Waals surface area contributed by atoms with Crippen LogP contribution in [0.4, 0.5) is 0 Å². The van der Waals surface area contributed by atoms with Crippen molar-refractivity contribution in [1.29, 1.82) is 0 Å². The summed E-state index contributed by atoms with van der Waals surface area (Å²) in [6.07, 6.45) is 4.86. The number of hydrogen-bond donors (Lipinski definition) is 2. The Hall–Kier alpha value is -1.29. The number of nitrogens with one attached hydrogen (secondary N) is 1. The summed E-state index contributed by atoms with van der Waals surface area (Å²) in [5, 5.41) is 12.4. The number of aliphatic hydroxyl groups is 1. The predicted octanol–water partition coefficient (Wildman–Crippen LogP) is 3.48. The van der Waals surface area contributed by atoms with E-state index in [1.807, 2.05) is 11.8 Å². The van der Waals surface area contributed by atoms with Crippen LogP contribution in [-0.2, 0) is 11.4 Å². The average Bonchev–Trinajstić information content (AvgIpc) is 2.78. The van der Waals surface area contributed by atoms with Crippen molar-refractivity contribution >= 4 is 11.8 Å². The van der Waals surface area contributed by atoms with Crippen molar-refractivity contribution in [2.75, 3.05) is 20.6 Å². The van der Waals surface area contributed by atoms with Crippen molar-refractivity contribution in [3.63, 3.8) is 0 Å². The fraction of sp³-hybridized carbons (Fsp3) is 0.478. The minimum absolute atomic E-state index is 0.284. The third kappa shape index (κ3) is 3.11. The Labute approximate surface area is 161 Å². The summed E-state index contributed by atoms with van der Waals surface area (Å²) in [6.45, 7) is 1.13. The van der Waals surface area contributed by atoms with Gasteiger partial charge in [0, 0.05) is 28.0 Å². The second-order valence-electron chi connectivity index (χ2n) is 8.27. The van der Waals surface area contributed by atoms with Gasteiger partial charge < -0.3 is 10.0 Å². The van der Waals surface area contributed by atoms with E-state index in [1.54, 1.807) is 0 Å². The van der Waals surface area contributed by atoms with E-state index in [4.69, 9.17) is 0 Å². The van der Waals surface area contributed by atoms with Crippen molar-refractivity contribution in [2.45, 2.75) is 41.9 Å². The molecule has 2 aliphatic rings. The zero-order chi connectivity index (χ0) is 18.1. The lowest BCUT2D eigenvalue weighted by atomic mass is 9.64. The van der Waals surface area contributed by atoms with Crippen LogP contribution >= 0.6 is 11.8 Å². The van der Waals surface area contributed by atoms with E-state index in [1.165, 1.54) is 34.6 Å². The molecule has 0 aromatic heterocycles. The molecule has 1 heterocycles. The first kappa shape index (κ1) is 18.1. The van der Waals surface area contributed by atoms with Gasteiger partial charge in [0.05, 0.1) is 20.6 Å². The Morgan fingerprint density at radius 1 is 1.00 bits per heavy atom. The van der Waals surface area contributed by atoms with Crippen molar-refractivity contribution in [1.82, 2.24) is 0 Å². The van der Waals surface area contributed by atoms with E-state index in [9.17, 15) is 5.11 Å². The van der Waals surface area contributed by atoms with Gasteiger partial charge in [0.1, 0.15) is 5.60 Å². The van der Waals surface area contributed by atoms with Crippen LogP contribution in [0.3, 0.4) is 0 Å². The maximum Gasteiger partial charge on any atom is 0.119 e. The first-order valence-electron chi connectivity index (χ1n) is 9.92. The normalized spacial score (nSPS) is 28.3. The Balaban J connectivity index is 1.89. The minimum atomic E-state index is -0.878. The number of hydrogen-bond acceptors (Lipinski definition) is 2. The van der Waals surface area contributed by atoms with Gasteiger partial charge in [-0.2, -0.15) is 0 Å². The lowest BCUT2D eigenvalue weighted by Gasteiger charge is -2.44. The molecular weight excluding hydrogens is 338 g/mol. The number of rotatable bonds is 3. The quantitative estimate of drug-likeness (QED) is 0.867. The van der Waals surface area contributed by atoms with Gasteiger partial charge in [0.25, 0.3) is 0 Å². The molecule has 4 rings (SSSR count). The van der Waals surface area contributed by atoms with Gasteiger partial charge in [0.2, 0.25) is 0 Å². The monoisotopic (exact) mass is 368 g/mol. The van der Waals surface area contributed by atoms with Gasteiger partial charge in [-0.15, -0.1) is 11.8 Å². The molecule has 1 fully saturated rings. The molecule has 1 saturated carbocycles. The van der Waals surface area contributed by atoms with Gasteiger partial charge in [-0.05, 0) is 30.0 Å². The average molecular weight is 369 g/mol. The molecule has 3 atom stereocenters. The summed E-state index contributed by atoms with van der Waals surface area (Å²) < 4.78 is 0. The van der Waals surface area contributed by atoms with Gasteiger partial charge >= 0.3 is 0 Å². The molecule has 0 spiro atoms. The zero-order valence-corrected chi connectivity index (χ0v) is 16.7. The molecular formula is C23H30NOS+. The number of quaternary nitrogens is 1. The summed E-state index contributed by atoms with van der Waals surface area (Å²) in [6, 6.07) is 17.1. The standard InChI is InChI=1S/C23H29NOS/c1-24(2)15-17-9-3-5-11-19(17)23(25)20-12-6-4-10-18(20)16-26-22-14-8-7-13-21(22)23/h4,6-8,10,12-14,17,19,25H,3,5,9,11,15-16H2,1-2H3/p+1/t17-,19-,23+/m1/s1. The lowest BCUT2D eigenvalue weighted by Crippen LogP contribution is -3.06. The van der Waals surface area contributed by atoms with E-state index < -0.39 is 5.60 Å². The van der Waals surface area contributed by atoms with Crippen molar-refractivity contribution in [3.8, 4) is 0 Å². The highest BCUT2D eigenvalue weighted by Crippen LogP contribution is 2.51. The van der Waals surface area contributed by atoms with Crippen molar-refractivity contribution < 1.29 is 10.0 Å². The molecule has 3 heteroatoms. The van der Waals surface area contributed by atoms with Crippen LogP contribution in [0.1, 0.15) is 42.4 Å². The van der Waals surface area contributed by atoms with Crippen LogP contribution < -0.4 is 4.90 Å². The summed E-state index contributed by atoms with van der Waals surface area (Å²) in [7, 11) is 4.47. The van der Waals surface area contributed by atoms with Crippen LogP contribution in [0.25, 0.3) is 0 Å². The van der Waals surface area contributed by atoms with Crippen LogP contribution in [0.2, 0.25) is 0 Å². The second-order valence-corrected chi connectivity index (χ2v) is 9.29. The molecule has 1 aliphatic heterocycles. The summed E-state index contributed by atoms with van der Waals surface area (Å²) in [5.74, 6) is 1.78. The Kier molecular flexibility index (Phi) is 5.13. The highest BCUT2D eigenvalue weighted by atomic mass is 32.2. The first-order chi connectivity index (χ1) is 12.6. The maximum absolute atomic E-state index is 12.4. The lowest BCUT2D eigenvalue weighted by molar-refractivity contribution is -0.863. The van der Waals surface area contributed by atoms with E-state index >= 15 is 0 Å². The number of thioether (sulfide) groups is 1. The molecule has 0 amide bonds. The molecule has 1 aliphatic carbocycles. The third-order valence-electron chi connectivity index (χ3n) is 6.22. The molecule has 0 unspecified atom stereocenters. The molecule has 2 N–H and O–H groups in total. The minimum Gasteiger partial charge on any atom is -0.380 e. The number of benzene rings is 2. The molecule has 2 aromatic carbocycles. The van der Waals surface area contributed by atoms with E-state index in [0.29, 0.717) is 5.92 Å². The van der Waals surface area contributed by atoms with E-state index in [0.717, 1.165) is 29.8 Å². The molecule has 2 nitrogen and oxygen atoms in total. The molecule has 0 bridgehead atoms. The molecule has 0 radical (unpaired) electrons. The second kappa shape index (κ2) is 7.38. The van der Waals surface area contributed by atoms with Crippen LogP contribution in [0, 0.1) is 11.8 Å². The van der Waals surface area contributed by atoms with Crippen LogP contribution in [0.5, 0.6) is 0 Å². The van der Waals surface area contributed by atoms with Crippen molar-refractivity contribution in [3.05, 3.63) is 65.2 Å². The van der Waals surface area contributed by atoms with E-state index in [2.05, 4.69) is 62.6 Å². The smallest absolute Gasteiger partial charge is 0.119 e. The van der Waals surface area contributed by atoms with E-state index in [-0.39, 0.29) is 5.92 Å². The topological polar surface area (TPSA) is 24.7 Å². The molecule has 26 heavy (non-hydrogen) atoms. The predicted molar refractivity (Wildman–Crippen MR) is 109 cm³/mol. The SMILES string of the molecule is C[NH+](C)C[C@H]1CCCC[C@H]1[C@]1(O)c2ccccc2CSc2ccccc21. The van der Waals surface area contributed by atoms with Crippen molar-refractivity contribution in [2.24, 2.45) is 11.8 Å². The first-order valence-corrected chi connectivity index (χ1v) is 10.9. The maximum atomic E-state index is 12.4. The summed E-state index contributed by atoms with van der Waals surface area (Å²) >= 11 is 1.87. The van der Waals surface area contributed by atoms with Crippen LogP contribution in [-0.4, -0.2) is 25.7 Å². The number of fused-ring (bicyclic) bond motifs is 2. The molecule has 2 aromatic rings. The van der Waals surface area contributed by atoms with Gasteiger partial charge in [-0.1, -0.05) is 55.3 Å². The summed E-state index contributed by atoms with van der Waals surface area (Å²) in [4.78, 5) is 2.72. The fourth-order valence-corrected chi connectivity index (χ4v) is 6.27. The highest BCUT2D eigenvalue weighted by molar-refractivity contribution is 7.98. The Morgan fingerprint density at radius 3 is 2.50 bits per heavy atom. The highest BCUT2D eigenvalue weighted by Gasteiger charge is 2.48.